The van der Waals surface area contributed by atoms with Gasteiger partial charge in [0.15, 0.2) is 0 Å². The summed E-state index contributed by atoms with van der Waals surface area (Å²) in [5, 5.41) is 0. The molecule has 1 aromatic heterocycles. The summed E-state index contributed by atoms with van der Waals surface area (Å²) in [4.78, 5) is 30.5. The van der Waals surface area contributed by atoms with Crippen LogP contribution >= 0.6 is 12.4 Å². The van der Waals surface area contributed by atoms with Crippen LogP contribution in [0.1, 0.15) is 54.1 Å². The number of benzene rings is 2. The zero-order chi connectivity index (χ0) is 19.3. The molecule has 0 spiro atoms. The Hall–Kier alpha value is -2.73. The van der Waals surface area contributed by atoms with E-state index >= 15 is 0 Å². The van der Waals surface area contributed by atoms with E-state index in [1.807, 2.05) is 45.9 Å². The van der Waals surface area contributed by atoms with E-state index in [4.69, 9.17) is 5.73 Å². The Morgan fingerprint density at radius 1 is 1.10 bits per heavy atom. The molecule has 2 aromatic carbocycles. The fraction of sp³-hybridized carbons (Fsp3) is 0.364. The van der Waals surface area contributed by atoms with Crippen molar-refractivity contribution in [2.24, 2.45) is 0 Å². The van der Waals surface area contributed by atoms with Crippen LogP contribution < -0.4 is 16.3 Å². The molecule has 0 radical (unpaired) electrons. The van der Waals surface area contributed by atoms with Gasteiger partial charge in [-0.2, -0.15) is 0 Å². The van der Waals surface area contributed by atoms with Crippen molar-refractivity contribution in [1.29, 1.82) is 0 Å². The smallest absolute Gasteiger partial charge is 0.326 e. The van der Waals surface area contributed by atoms with Gasteiger partial charge in [0.25, 0.3) is 5.91 Å². The quantitative estimate of drug-likeness (QED) is 0.623. The molecule has 0 bridgehead atoms. The Kier molecular flexibility index (Phi) is 5.13. The molecule has 2 heterocycles. The number of aromatic amines is 1. The van der Waals surface area contributed by atoms with Gasteiger partial charge in [-0.15, -0.1) is 12.4 Å². The van der Waals surface area contributed by atoms with E-state index in [1.165, 1.54) is 0 Å². The molecule has 5 rings (SSSR count). The van der Waals surface area contributed by atoms with Crippen molar-refractivity contribution in [1.82, 2.24) is 9.55 Å². The van der Waals surface area contributed by atoms with Crippen LogP contribution in [0.5, 0.6) is 0 Å². The first kappa shape index (κ1) is 19.6. The number of halogens is 1. The van der Waals surface area contributed by atoms with Gasteiger partial charge in [-0.25, -0.2) is 4.79 Å². The Labute approximate surface area is 175 Å². The minimum Gasteiger partial charge on any atom is -0.398 e. The van der Waals surface area contributed by atoms with Gasteiger partial charge in [-0.3, -0.25) is 9.36 Å². The predicted octanol–water partition coefficient (Wildman–Crippen LogP) is 4.04. The van der Waals surface area contributed by atoms with E-state index in [9.17, 15) is 9.59 Å². The van der Waals surface area contributed by atoms with Gasteiger partial charge in [-0.05, 0) is 61.6 Å². The zero-order valence-corrected chi connectivity index (χ0v) is 17.0. The molecular formula is C22H25ClN4O2. The number of nitrogen functional groups attached to an aromatic ring is 1. The molecular weight excluding hydrogens is 388 g/mol. The van der Waals surface area contributed by atoms with Crippen molar-refractivity contribution < 1.29 is 4.79 Å². The van der Waals surface area contributed by atoms with Crippen LogP contribution in [0.25, 0.3) is 11.0 Å². The van der Waals surface area contributed by atoms with E-state index in [0.29, 0.717) is 12.1 Å². The number of fused-ring (bicyclic) bond motifs is 2. The monoisotopic (exact) mass is 412 g/mol. The second kappa shape index (κ2) is 7.59. The average Bonchev–Trinajstić information content (AvgIpc) is 3.33. The highest BCUT2D eigenvalue weighted by Gasteiger charge is 2.26. The van der Waals surface area contributed by atoms with Gasteiger partial charge >= 0.3 is 5.69 Å². The first-order valence-corrected chi connectivity index (χ1v) is 10.1. The molecule has 6 nitrogen and oxygen atoms in total. The lowest BCUT2D eigenvalue weighted by Crippen LogP contribution is -2.35. The highest BCUT2D eigenvalue weighted by Crippen LogP contribution is 2.33. The minimum atomic E-state index is -0.0809. The van der Waals surface area contributed by atoms with Gasteiger partial charge in [0.1, 0.15) is 0 Å². The lowest BCUT2D eigenvalue weighted by atomic mass is 9.99. The summed E-state index contributed by atoms with van der Waals surface area (Å²) in [7, 11) is 0. The van der Waals surface area contributed by atoms with Gasteiger partial charge in [-0.1, -0.05) is 18.9 Å². The molecule has 1 fully saturated rings. The highest BCUT2D eigenvalue weighted by atomic mass is 35.5. The summed E-state index contributed by atoms with van der Waals surface area (Å²) >= 11 is 0. The van der Waals surface area contributed by atoms with Gasteiger partial charge < -0.3 is 15.6 Å². The maximum Gasteiger partial charge on any atom is 0.326 e. The van der Waals surface area contributed by atoms with Crippen LogP contribution in [0.15, 0.2) is 41.2 Å². The third-order valence-electron chi connectivity index (χ3n) is 6.19. The Bertz CT molecular complexity index is 1130. The molecule has 2 aliphatic rings. The van der Waals surface area contributed by atoms with Crippen molar-refractivity contribution >= 4 is 40.7 Å². The lowest BCUT2D eigenvalue weighted by molar-refractivity contribution is 0.0985. The van der Waals surface area contributed by atoms with E-state index in [1.54, 1.807) is 0 Å². The maximum atomic E-state index is 13.3. The van der Waals surface area contributed by atoms with Crippen molar-refractivity contribution in [2.75, 3.05) is 17.2 Å². The van der Waals surface area contributed by atoms with Crippen LogP contribution in [0.2, 0.25) is 0 Å². The summed E-state index contributed by atoms with van der Waals surface area (Å²) in [5.74, 6) is -0.0529. The SMILES string of the molecule is Cl.Nc1cccc2c1CCCN2C(=O)c1ccc2c(c1)[nH]c(=O)n2C1CCCC1. The van der Waals surface area contributed by atoms with Crippen LogP contribution in [-0.2, 0) is 6.42 Å². The molecule has 0 saturated heterocycles. The molecule has 3 aromatic rings. The first-order valence-electron chi connectivity index (χ1n) is 10.1. The third kappa shape index (κ3) is 3.21. The van der Waals surface area contributed by atoms with Crippen molar-refractivity contribution in [3.05, 3.63) is 58.0 Å². The number of imidazole rings is 1. The topological polar surface area (TPSA) is 84.1 Å². The Balaban J connectivity index is 0.00000205. The molecule has 1 aliphatic heterocycles. The van der Waals surface area contributed by atoms with Crippen LogP contribution in [-0.4, -0.2) is 22.0 Å². The van der Waals surface area contributed by atoms with Crippen LogP contribution in [0, 0.1) is 0 Å². The lowest BCUT2D eigenvalue weighted by Gasteiger charge is -2.30. The summed E-state index contributed by atoms with van der Waals surface area (Å²) in [6.45, 7) is 0.674. The number of nitrogens with zero attached hydrogens (tertiary/aromatic N) is 2. The molecule has 152 valence electrons. The first-order chi connectivity index (χ1) is 13.6. The molecule has 1 saturated carbocycles. The molecule has 0 atom stereocenters. The molecule has 7 heteroatoms. The molecule has 0 unspecified atom stereocenters. The third-order valence-corrected chi connectivity index (χ3v) is 6.19. The Morgan fingerprint density at radius 3 is 2.69 bits per heavy atom. The van der Waals surface area contributed by atoms with E-state index < -0.39 is 0 Å². The number of nitrogens with two attached hydrogens (primary N) is 1. The molecule has 29 heavy (non-hydrogen) atoms. The minimum absolute atomic E-state index is 0. The van der Waals surface area contributed by atoms with Crippen molar-refractivity contribution in [3.63, 3.8) is 0 Å². The van der Waals surface area contributed by atoms with Gasteiger partial charge in [0, 0.05) is 29.5 Å². The Morgan fingerprint density at radius 2 is 1.90 bits per heavy atom. The van der Waals surface area contributed by atoms with Crippen molar-refractivity contribution in [2.45, 2.75) is 44.6 Å². The molecule has 1 amide bonds. The summed E-state index contributed by atoms with van der Waals surface area (Å²) in [6, 6.07) is 11.6. The number of rotatable bonds is 2. The molecule has 1 aliphatic carbocycles. The van der Waals surface area contributed by atoms with Crippen LogP contribution in [0.3, 0.4) is 0 Å². The average molecular weight is 413 g/mol. The van der Waals surface area contributed by atoms with Gasteiger partial charge in [0.05, 0.1) is 11.0 Å². The summed E-state index contributed by atoms with van der Waals surface area (Å²) < 4.78 is 1.87. The number of amides is 1. The second-order valence-electron chi connectivity index (χ2n) is 7.88. The normalized spacial score (nSPS) is 16.6. The van der Waals surface area contributed by atoms with E-state index in [0.717, 1.165) is 66.5 Å². The number of H-pyrrole nitrogens is 1. The molecule has 3 N–H and O–H groups in total. The standard InChI is InChI=1S/C22H24N4O2.ClH/c23-17-8-3-9-19-16(17)7-4-12-25(19)21(27)14-10-11-20-18(13-14)24-22(28)26(20)15-5-1-2-6-15;/h3,8-11,13,15H,1-2,4-7,12,23H2,(H,24,28);1H. The number of nitrogens with one attached hydrogen (secondary N) is 1. The number of hydrogen-bond donors (Lipinski definition) is 2. The van der Waals surface area contributed by atoms with Crippen molar-refractivity contribution in [3.8, 4) is 0 Å². The fourth-order valence-electron chi connectivity index (χ4n) is 4.81. The van der Waals surface area contributed by atoms with E-state index in [2.05, 4.69) is 4.98 Å². The zero-order valence-electron chi connectivity index (χ0n) is 16.2. The largest absolute Gasteiger partial charge is 0.398 e. The number of hydrogen-bond acceptors (Lipinski definition) is 3. The van der Waals surface area contributed by atoms with Crippen LogP contribution in [0.4, 0.5) is 11.4 Å². The summed E-state index contributed by atoms with van der Waals surface area (Å²) in [6.07, 6.45) is 6.20. The maximum absolute atomic E-state index is 13.3. The number of carbonyl (C=O) groups is 1. The predicted molar refractivity (Wildman–Crippen MR) is 118 cm³/mol. The second-order valence-corrected chi connectivity index (χ2v) is 7.88. The fourth-order valence-corrected chi connectivity index (χ4v) is 4.81. The van der Waals surface area contributed by atoms with Gasteiger partial charge in [0.2, 0.25) is 0 Å². The number of aromatic nitrogens is 2. The number of carbonyl (C=O) groups excluding carboxylic acids is 1. The summed E-state index contributed by atoms with van der Waals surface area (Å²) in [5.41, 5.74) is 10.9. The van der Waals surface area contributed by atoms with E-state index in [-0.39, 0.29) is 30.0 Å². The number of anilines is 2. The highest BCUT2D eigenvalue weighted by molar-refractivity contribution is 6.08.